The second-order valence-electron chi connectivity index (χ2n) is 13.8. The summed E-state index contributed by atoms with van der Waals surface area (Å²) in [5, 5.41) is 0. The number of hydrogen-bond acceptors (Lipinski definition) is 5. The first kappa shape index (κ1) is 31.3. The molecule has 5 nitrogen and oxygen atoms in total. The molecule has 3 aromatic rings. The number of carbonyl (C=O) groups excluding carboxylic acids is 1. The van der Waals surface area contributed by atoms with Gasteiger partial charge in [0.1, 0.15) is 11.4 Å². The average Bonchev–Trinajstić information content (AvgIpc) is 3.09. The monoisotopic (exact) mass is 587 g/mol. The van der Waals surface area contributed by atoms with Crippen molar-refractivity contribution in [3.05, 3.63) is 76.7 Å². The van der Waals surface area contributed by atoms with Gasteiger partial charge in [0, 0.05) is 17.7 Å². The summed E-state index contributed by atoms with van der Waals surface area (Å²) in [5.41, 5.74) is 8.77. The fraction of sp³-hybridized carbons (Fsp3) is 0.514. The lowest BCUT2D eigenvalue weighted by molar-refractivity contribution is -0.300. The van der Waals surface area contributed by atoms with Crippen LogP contribution >= 0.6 is 0 Å². The van der Waals surface area contributed by atoms with E-state index in [0.29, 0.717) is 6.42 Å². The van der Waals surface area contributed by atoms with Crippen LogP contribution in [0.25, 0.3) is 22.4 Å². The molecule has 0 N–H and O–H groups in total. The topological polar surface area (TPSA) is 57.7 Å². The van der Waals surface area contributed by atoms with Gasteiger partial charge in [0.15, 0.2) is 5.79 Å². The molecule has 1 saturated heterocycles. The molecule has 1 aliphatic heterocycles. The maximum Gasteiger partial charge on any atom is 0.308 e. The van der Waals surface area contributed by atoms with E-state index in [1.54, 1.807) is 12.1 Å². The van der Waals surface area contributed by atoms with E-state index in [1.807, 2.05) is 46.8 Å². The quantitative estimate of drug-likeness (QED) is 0.259. The van der Waals surface area contributed by atoms with Crippen LogP contribution in [-0.4, -0.2) is 34.5 Å². The summed E-state index contributed by atoms with van der Waals surface area (Å²) >= 11 is 0. The number of carbonyl (C=O) groups is 1. The van der Waals surface area contributed by atoms with Crippen LogP contribution in [0.15, 0.2) is 48.5 Å². The number of aromatic nitrogens is 1. The van der Waals surface area contributed by atoms with E-state index in [0.717, 1.165) is 49.1 Å². The molecule has 5 rings (SSSR count). The molecule has 0 radical (unpaired) electrons. The Morgan fingerprint density at radius 2 is 1.74 bits per heavy atom. The normalized spacial score (nSPS) is 19.8. The minimum Gasteiger partial charge on any atom is -0.460 e. The van der Waals surface area contributed by atoms with E-state index in [4.69, 9.17) is 19.2 Å². The van der Waals surface area contributed by atoms with E-state index in [1.165, 1.54) is 27.8 Å². The van der Waals surface area contributed by atoms with Gasteiger partial charge in [-0.25, -0.2) is 4.39 Å². The van der Waals surface area contributed by atoms with Gasteiger partial charge in [-0.15, -0.1) is 0 Å². The zero-order chi connectivity index (χ0) is 30.9. The van der Waals surface area contributed by atoms with Gasteiger partial charge >= 0.3 is 5.97 Å². The van der Waals surface area contributed by atoms with Crippen molar-refractivity contribution in [3.63, 3.8) is 0 Å². The number of ether oxygens (including phenoxy) is 3. The number of halogens is 1. The van der Waals surface area contributed by atoms with Crippen molar-refractivity contribution in [2.24, 2.45) is 0 Å². The number of benzene rings is 2. The van der Waals surface area contributed by atoms with E-state index in [-0.39, 0.29) is 36.3 Å². The number of rotatable bonds is 7. The zero-order valence-electron chi connectivity index (χ0n) is 26.8. The SMILES string of the molecule is CC(C)c1nc2c(c(-c3ccc(F)cc3)c1CC[C@@H]1C[C@H](CC(=O)OC(C)(C)C)OC(C)(C)O1)CCCc1ccccc1-2. The van der Waals surface area contributed by atoms with Crippen LogP contribution in [0.5, 0.6) is 0 Å². The highest BCUT2D eigenvalue weighted by atomic mass is 19.1. The molecule has 0 amide bonds. The maximum atomic E-state index is 14.1. The molecule has 230 valence electrons. The Hall–Kier alpha value is -3.09. The number of esters is 1. The van der Waals surface area contributed by atoms with Gasteiger partial charge in [-0.2, -0.15) is 0 Å². The summed E-state index contributed by atoms with van der Waals surface area (Å²) in [4.78, 5) is 18.0. The molecule has 2 aliphatic rings. The van der Waals surface area contributed by atoms with Crippen LogP contribution in [-0.2, 0) is 38.3 Å². The highest BCUT2D eigenvalue weighted by Crippen LogP contribution is 2.42. The molecule has 0 spiro atoms. The molecule has 0 unspecified atom stereocenters. The Kier molecular flexibility index (Phi) is 9.10. The highest BCUT2D eigenvalue weighted by Gasteiger charge is 2.37. The molecular weight excluding hydrogens is 541 g/mol. The summed E-state index contributed by atoms with van der Waals surface area (Å²) in [6.45, 7) is 13.8. The minimum atomic E-state index is -0.814. The summed E-state index contributed by atoms with van der Waals surface area (Å²) in [5.74, 6) is -1.12. The first-order chi connectivity index (χ1) is 20.3. The first-order valence-corrected chi connectivity index (χ1v) is 15.8. The lowest BCUT2D eigenvalue weighted by Gasteiger charge is -2.41. The second-order valence-corrected chi connectivity index (χ2v) is 13.8. The molecular formula is C37H46FNO4. The van der Waals surface area contributed by atoms with Crippen LogP contribution in [0.1, 0.15) is 102 Å². The van der Waals surface area contributed by atoms with Crippen LogP contribution in [0.3, 0.4) is 0 Å². The number of hydrogen-bond donors (Lipinski definition) is 0. The van der Waals surface area contributed by atoms with E-state index in [2.05, 4.69) is 38.1 Å². The third-order valence-corrected chi connectivity index (χ3v) is 8.21. The molecule has 0 bridgehead atoms. The molecule has 0 saturated carbocycles. The Balaban J connectivity index is 1.52. The van der Waals surface area contributed by atoms with Gasteiger partial charge in [0.05, 0.1) is 24.3 Å². The van der Waals surface area contributed by atoms with Gasteiger partial charge in [-0.1, -0.05) is 50.2 Å². The van der Waals surface area contributed by atoms with Gasteiger partial charge in [-0.05, 0) is 113 Å². The summed E-state index contributed by atoms with van der Waals surface area (Å²) in [6.07, 6.45) is 4.87. The standard InChI is InChI=1S/C37H46FNO4/c1-23(2)34-31(20-19-27-21-28(42-37(6,7)41-27)22-32(40)43-36(3,4)5)33(25-15-17-26(38)18-16-25)30-14-10-12-24-11-8-9-13-29(24)35(30)39-34/h8-9,11,13,15-18,23,27-28H,10,12,14,19-22H2,1-7H3/t27-,28-/m1/s1. The molecule has 2 heterocycles. The Bertz CT molecular complexity index is 1450. The van der Waals surface area contributed by atoms with Crippen molar-refractivity contribution >= 4 is 5.97 Å². The second kappa shape index (κ2) is 12.5. The lowest BCUT2D eigenvalue weighted by atomic mass is 9.84. The highest BCUT2D eigenvalue weighted by molar-refractivity contribution is 5.81. The van der Waals surface area contributed by atoms with Crippen molar-refractivity contribution in [2.75, 3.05) is 0 Å². The van der Waals surface area contributed by atoms with Crippen molar-refractivity contribution in [1.29, 1.82) is 0 Å². The number of aryl methyl sites for hydroxylation is 1. The minimum absolute atomic E-state index is 0.100. The van der Waals surface area contributed by atoms with Gasteiger partial charge in [-0.3, -0.25) is 9.78 Å². The number of fused-ring (bicyclic) bond motifs is 3. The molecule has 2 atom stereocenters. The van der Waals surface area contributed by atoms with E-state index >= 15 is 0 Å². The lowest BCUT2D eigenvalue weighted by Crippen LogP contribution is -2.45. The molecule has 1 aromatic heterocycles. The number of pyridine rings is 1. The van der Waals surface area contributed by atoms with E-state index < -0.39 is 11.4 Å². The summed E-state index contributed by atoms with van der Waals surface area (Å²) in [6, 6.07) is 15.5. The van der Waals surface area contributed by atoms with Crippen LogP contribution in [0.2, 0.25) is 0 Å². The van der Waals surface area contributed by atoms with Gasteiger partial charge in [0.2, 0.25) is 0 Å². The maximum absolute atomic E-state index is 14.1. The fourth-order valence-electron chi connectivity index (χ4n) is 6.67. The third kappa shape index (κ3) is 7.53. The Labute approximate surface area is 256 Å². The molecule has 2 aromatic carbocycles. The molecule has 43 heavy (non-hydrogen) atoms. The van der Waals surface area contributed by atoms with Crippen LogP contribution < -0.4 is 0 Å². The van der Waals surface area contributed by atoms with Crippen LogP contribution in [0, 0.1) is 5.82 Å². The smallest absolute Gasteiger partial charge is 0.308 e. The first-order valence-electron chi connectivity index (χ1n) is 15.8. The van der Waals surface area contributed by atoms with Crippen molar-refractivity contribution in [3.8, 4) is 22.4 Å². The van der Waals surface area contributed by atoms with Crippen molar-refractivity contribution in [2.45, 2.75) is 123 Å². The molecule has 1 aliphatic carbocycles. The van der Waals surface area contributed by atoms with Crippen molar-refractivity contribution < 1.29 is 23.4 Å². The predicted molar refractivity (Wildman–Crippen MR) is 168 cm³/mol. The predicted octanol–water partition coefficient (Wildman–Crippen LogP) is 8.74. The van der Waals surface area contributed by atoms with Gasteiger partial charge in [0.25, 0.3) is 0 Å². The van der Waals surface area contributed by atoms with Crippen LogP contribution in [0.4, 0.5) is 4.39 Å². The summed E-state index contributed by atoms with van der Waals surface area (Å²) in [7, 11) is 0. The number of nitrogens with zero attached hydrogens (tertiary/aromatic N) is 1. The van der Waals surface area contributed by atoms with Gasteiger partial charge < -0.3 is 14.2 Å². The Morgan fingerprint density at radius 1 is 1.05 bits per heavy atom. The largest absolute Gasteiger partial charge is 0.460 e. The van der Waals surface area contributed by atoms with Crippen molar-refractivity contribution in [1.82, 2.24) is 4.98 Å². The third-order valence-electron chi connectivity index (χ3n) is 8.21. The molecule has 6 heteroatoms. The van der Waals surface area contributed by atoms with E-state index in [9.17, 15) is 9.18 Å². The summed E-state index contributed by atoms with van der Waals surface area (Å²) < 4.78 is 32.3. The fourth-order valence-corrected chi connectivity index (χ4v) is 6.67. The molecule has 1 fully saturated rings. The average molecular weight is 588 g/mol. The zero-order valence-corrected chi connectivity index (χ0v) is 26.8. The Morgan fingerprint density at radius 3 is 2.44 bits per heavy atom.